The van der Waals surface area contributed by atoms with Crippen molar-refractivity contribution in [2.75, 3.05) is 45.7 Å². The van der Waals surface area contributed by atoms with Gasteiger partial charge in [0.2, 0.25) is 6.34 Å². The van der Waals surface area contributed by atoms with Crippen LogP contribution < -0.4 is 5.32 Å². The molecule has 52 heavy (non-hydrogen) atoms. The molecule has 270 valence electrons. The van der Waals surface area contributed by atoms with E-state index in [9.17, 15) is 23.5 Å². The van der Waals surface area contributed by atoms with Gasteiger partial charge in [-0.1, -0.05) is 24.2 Å². The molecule has 1 unspecified atom stereocenters. The molecule has 0 saturated carbocycles. The molecule has 3 aromatic carbocycles. The number of aliphatic imine (C=N–C) groups is 1. The first-order valence-electron chi connectivity index (χ1n) is 15.9. The first-order chi connectivity index (χ1) is 24.8. The van der Waals surface area contributed by atoms with E-state index in [1.807, 2.05) is 0 Å². The van der Waals surface area contributed by atoms with Crippen LogP contribution in [0.4, 0.5) is 23.7 Å². The Morgan fingerprint density at radius 1 is 1.08 bits per heavy atom. The average Bonchev–Trinajstić information content (AvgIpc) is 3.79. The van der Waals surface area contributed by atoms with Crippen molar-refractivity contribution in [2.24, 2.45) is 10.1 Å². The lowest BCUT2D eigenvalue weighted by Gasteiger charge is -2.38. The van der Waals surface area contributed by atoms with Gasteiger partial charge in [0.05, 0.1) is 34.6 Å². The average molecular weight is 735 g/mol. The Labute approximate surface area is 301 Å². The van der Waals surface area contributed by atoms with Crippen LogP contribution in [0.5, 0.6) is 0 Å². The van der Waals surface area contributed by atoms with Crippen LogP contribution in [0.2, 0.25) is 0 Å². The van der Waals surface area contributed by atoms with Crippen molar-refractivity contribution in [3.8, 4) is 17.3 Å². The number of likely N-dealkylation sites (N-methyl/N-ethyl adjacent to an activating group) is 1. The zero-order valence-corrected chi connectivity index (χ0v) is 29.2. The molecule has 2 N–H and O–H groups in total. The minimum absolute atomic E-state index is 0.00907. The summed E-state index contributed by atoms with van der Waals surface area (Å²) in [6, 6.07) is 15.2. The van der Waals surface area contributed by atoms with E-state index in [0.717, 1.165) is 35.9 Å². The highest BCUT2D eigenvalue weighted by atomic mass is 32.1. The number of nitrogens with one attached hydrogen (secondary N) is 1. The fourth-order valence-electron chi connectivity index (χ4n) is 5.54. The highest BCUT2D eigenvalue weighted by Crippen LogP contribution is 2.42. The number of ether oxygens (including phenoxy) is 2. The normalized spacial score (nSPS) is 16.7. The van der Waals surface area contributed by atoms with Crippen LogP contribution in [0.25, 0.3) is 11.3 Å². The molecule has 0 radical (unpaired) electrons. The molecule has 0 aliphatic carbocycles. The number of amides is 1. The van der Waals surface area contributed by atoms with Gasteiger partial charge in [0.15, 0.2) is 11.9 Å². The first kappa shape index (κ1) is 37.8. The number of hydrogen-bond donors (Lipinski definition) is 2. The van der Waals surface area contributed by atoms with Gasteiger partial charge in [-0.25, -0.2) is 22.9 Å². The zero-order chi connectivity index (χ0) is 37.5. The number of rotatable bonds is 14. The smallest absolute Gasteiger partial charge is 0.411 e. The van der Waals surface area contributed by atoms with Crippen LogP contribution in [-0.4, -0.2) is 84.7 Å². The lowest BCUT2D eigenvalue weighted by Crippen LogP contribution is -2.54. The van der Waals surface area contributed by atoms with E-state index in [0.29, 0.717) is 16.3 Å². The SMILES string of the molecule is C[C@@H](c1nc(-c2ccc(C#N)cc2)cs1)[C@](O)(C[N+]1(CCOC(=O)Nc2ccc(F)cc2COC(=O)CN(C)C)C=NC=N1)c1cc(F)ccc1F. The van der Waals surface area contributed by atoms with Gasteiger partial charge in [0, 0.05) is 28.0 Å². The fraction of sp³-hybridized carbons (Fsp3) is 0.278. The molecule has 16 heteroatoms. The molecule has 0 fully saturated rings. The second-order valence-corrected chi connectivity index (χ2v) is 13.2. The summed E-state index contributed by atoms with van der Waals surface area (Å²) >= 11 is 1.22. The predicted molar refractivity (Wildman–Crippen MR) is 188 cm³/mol. The highest BCUT2D eigenvalue weighted by Gasteiger charge is 2.49. The summed E-state index contributed by atoms with van der Waals surface area (Å²) in [5, 5.41) is 30.7. The molecule has 0 spiro atoms. The summed E-state index contributed by atoms with van der Waals surface area (Å²) in [7, 11) is 3.38. The summed E-state index contributed by atoms with van der Waals surface area (Å²) in [5.74, 6) is -3.67. The number of anilines is 1. The number of halogens is 3. The largest absolute Gasteiger partial charge is 0.460 e. The molecule has 1 aliphatic rings. The Hall–Kier alpha value is -5.47. The molecule has 0 saturated heterocycles. The molecule has 1 aromatic heterocycles. The number of benzene rings is 3. The molecule has 5 rings (SSSR count). The number of thiazole rings is 1. The third-order valence-corrected chi connectivity index (χ3v) is 9.34. The number of quaternary nitrogens is 1. The number of aliphatic hydroxyl groups is 1. The van der Waals surface area contributed by atoms with Crippen molar-refractivity contribution in [2.45, 2.75) is 25.0 Å². The van der Waals surface area contributed by atoms with Crippen LogP contribution in [0.3, 0.4) is 0 Å². The van der Waals surface area contributed by atoms with Crippen LogP contribution >= 0.6 is 11.3 Å². The maximum atomic E-state index is 15.5. The maximum absolute atomic E-state index is 15.5. The number of esters is 1. The van der Waals surface area contributed by atoms with Crippen molar-refractivity contribution in [1.29, 1.82) is 5.26 Å². The van der Waals surface area contributed by atoms with Gasteiger partial charge in [-0.3, -0.25) is 15.0 Å². The van der Waals surface area contributed by atoms with Gasteiger partial charge in [-0.15, -0.1) is 15.9 Å². The summed E-state index contributed by atoms with van der Waals surface area (Å²) in [6.45, 7) is 0.640. The molecular formula is C36H35F3N7O5S+. The maximum Gasteiger partial charge on any atom is 0.411 e. The number of carbonyl (C=O) groups is 2. The Bertz CT molecular complexity index is 2020. The quantitative estimate of drug-likeness (QED) is 0.123. The fourth-order valence-corrected chi connectivity index (χ4v) is 6.51. The molecule has 2 heterocycles. The summed E-state index contributed by atoms with van der Waals surface area (Å²) < 4.78 is 54.3. The monoisotopic (exact) mass is 734 g/mol. The van der Waals surface area contributed by atoms with Crippen molar-refractivity contribution < 1.29 is 41.9 Å². The van der Waals surface area contributed by atoms with Gasteiger partial charge in [0.25, 0.3) is 0 Å². The Morgan fingerprint density at radius 3 is 2.50 bits per heavy atom. The van der Waals surface area contributed by atoms with E-state index in [1.54, 1.807) is 55.6 Å². The van der Waals surface area contributed by atoms with E-state index in [2.05, 4.69) is 21.5 Å². The van der Waals surface area contributed by atoms with Gasteiger partial charge in [0.1, 0.15) is 43.8 Å². The molecule has 12 nitrogen and oxygen atoms in total. The van der Waals surface area contributed by atoms with Gasteiger partial charge >= 0.3 is 12.1 Å². The second kappa shape index (κ2) is 16.3. The van der Waals surface area contributed by atoms with Gasteiger partial charge in [-0.2, -0.15) is 10.3 Å². The lowest BCUT2D eigenvalue weighted by atomic mass is 9.81. The van der Waals surface area contributed by atoms with Crippen molar-refractivity contribution in [1.82, 2.24) is 9.88 Å². The van der Waals surface area contributed by atoms with Gasteiger partial charge in [-0.05, 0) is 62.6 Å². The van der Waals surface area contributed by atoms with Crippen molar-refractivity contribution in [3.63, 3.8) is 0 Å². The number of nitriles is 1. The van der Waals surface area contributed by atoms with E-state index in [4.69, 9.17) is 19.7 Å². The minimum Gasteiger partial charge on any atom is -0.460 e. The predicted octanol–water partition coefficient (Wildman–Crippen LogP) is 5.75. The number of nitrogens with zero attached hydrogens (tertiary/aromatic N) is 6. The topological polar surface area (TPSA) is 150 Å². The van der Waals surface area contributed by atoms with Crippen molar-refractivity contribution in [3.05, 3.63) is 105 Å². The van der Waals surface area contributed by atoms with Crippen LogP contribution in [0.1, 0.15) is 34.5 Å². The lowest BCUT2D eigenvalue weighted by molar-refractivity contribution is -0.848. The van der Waals surface area contributed by atoms with E-state index in [-0.39, 0.29) is 49.7 Å². The number of carbonyl (C=O) groups excluding carboxylic acids is 2. The van der Waals surface area contributed by atoms with E-state index >= 15 is 4.39 Å². The summed E-state index contributed by atoms with van der Waals surface area (Å²) in [6.07, 6.45) is 1.71. The highest BCUT2D eigenvalue weighted by molar-refractivity contribution is 7.10. The first-order valence-corrected chi connectivity index (χ1v) is 16.8. The zero-order valence-electron chi connectivity index (χ0n) is 28.4. The third kappa shape index (κ3) is 9.06. The molecule has 4 aromatic rings. The number of hydrogen-bond acceptors (Lipinski definition) is 11. The molecule has 1 aliphatic heterocycles. The van der Waals surface area contributed by atoms with Gasteiger partial charge < -0.3 is 14.6 Å². The van der Waals surface area contributed by atoms with E-state index < -0.39 is 45.6 Å². The standard InChI is InChI=1S/C36H34F3N7O5S/c1-23(34-43-32(19-52-34)25-6-4-24(16-40)5-7-25)36(49,29-15-28(38)8-10-30(29)39)20-46(22-41-21-42-46)12-13-50-35(48)44-31-11-9-27(37)14-26(31)18-51-33(47)17-45(2)3/h4-11,14-15,19,21-23,49H,12-13,17-18,20H2,1-3H3/p+1/t23-,36+,46?/m0/s1. The van der Waals surface area contributed by atoms with E-state index in [1.165, 1.54) is 30.1 Å². The summed E-state index contributed by atoms with van der Waals surface area (Å²) in [5.41, 5.74) is -0.315. The number of aromatic nitrogens is 1. The van der Waals surface area contributed by atoms with Crippen molar-refractivity contribution >= 4 is 41.8 Å². The summed E-state index contributed by atoms with van der Waals surface area (Å²) in [4.78, 5) is 35.3. The molecule has 1 amide bonds. The Morgan fingerprint density at radius 2 is 1.81 bits per heavy atom. The molecule has 0 bridgehead atoms. The Balaban J connectivity index is 1.34. The van der Waals surface area contributed by atoms with Crippen LogP contribution in [-0.2, 0) is 26.5 Å². The minimum atomic E-state index is -2.12. The molecule has 3 atom stereocenters. The third-order valence-electron chi connectivity index (χ3n) is 8.31. The second-order valence-electron chi connectivity index (χ2n) is 12.4. The van der Waals surface area contributed by atoms with Crippen LogP contribution in [0.15, 0.2) is 76.1 Å². The molecular weight excluding hydrogens is 700 g/mol. The Kier molecular flexibility index (Phi) is 11.8. The van der Waals surface area contributed by atoms with Crippen LogP contribution in [0, 0.1) is 28.8 Å².